The van der Waals surface area contributed by atoms with Gasteiger partial charge in [-0.1, -0.05) is 12.1 Å². The Bertz CT molecular complexity index is 826. The second kappa shape index (κ2) is 8.15. The highest BCUT2D eigenvalue weighted by atomic mass is 16.5. The molecular formula is C19H18O7. The molecule has 0 saturated heterocycles. The van der Waals surface area contributed by atoms with Crippen LogP contribution in [0.2, 0.25) is 0 Å². The second-order valence-corrected chi connectivity index (χ2v) is 5.36. The Hall–Kier alpha value is -3.35. The number of allylic oxidation sites excluding steroid dienone is 2. The number of ketones is 2. The summed E-state index contributed by atoms with van der Waals surface area (Å²) < 4.78 is 15.7. The van der Waals surface area contributed by atoms with Gasteiger partial charge in [0.2, 0.25) is 11.6 Å². The van der Waals surface area contributed by atoms with E-state index in [0.29, 0.717) is 11.3 Å². The number of hydrogen-bond acceptors (Lipinski definition) is 6. The van der Waals surface area contributed by atoms with Gasteiger partial charge in [-0.25, -0.2) is 4.79 Å². The van der Waals surface area contributed by atoms with Gasteiger partial charge in [-0.15, -0.1) is 0 Å². The molecule has 26 heavy (non-hydrogen) atoms. The predicted molar refractivity (Wildman–Crippen MR) is 92.4 cm³/mol. The fourth-order valence-electron chi connectivity index (χ4n) is 2.41. The highest BCUT2D eigenvalue weighted by Crippen LogP contribution is 2.26. The van der Waals surface area contributed by atoms with E-state index in [2.05, 4.69) is 0 Å². The summed E-state index contributed by atoms with van der Waals surface area (Å²) in [5, 5.41) is 8.61. The van der Waals surface area contributed by atoms with E-state index in [9.17, 15) is 14.4 Å². The minimum atomic E-state index is -1.04. The van der Waals surface area contributed by atoms with E-state index in [1.807, 2.05) is 0 Å². The normalized spacial score (nSPS) is 14.9. The zero-order valence-corrected chi connectivity index (χ0v) is 14.6. The van der Waals surface area contributed by atoms with Gasteiger partial charge in [0.25, 0.3) is 0 Å². The van der Waals surface area contributed by atoms with Crippen LogP contribution in [0.4, 0.5) is 0 Å². The maximum absolute atomic E-state index is 12.5. The molecule has 1 N–H and O–H groups in total. The fourth-order valence-corrected chi connectivity index (χ4v) is 2.41. The van der Waals surface area contributed by atoms with Crippen LogP contribution in [0.3, 0.4) is 0 Å². The molecule has 7 nitrogen and oxygen atoms in total. The number of ether oxygens (including phenoxy) is 3. The lowest BCUT2D eigenvalue weighted by atomic mass is 9.94. The Morgan fingerprint density at radius 3 is 2.19 bits per heavy atom. The molecule has 0 saturated carbocycles. The minimum Gasteiger partial charge on any atom is -0.492 e. The Kier molecular flexibility index (Phi) is 5.95. The Morgan fingerprint density at radius 1 is 1.04 bits per heavy atom. The van der Waals surface area contributed by atoms with Crippen molar-refractivity contribution >= 4 is 23.6 Å². The van der Waals surface area contributed by atoms with Crippen molar-refractivity contribution in [1.29, 1.82) is 0 Å². The number of carboxylic acids is 1. The number of benzene rings is 1. The van der Waals surface area contributed by atoms with Gasteiger partial charge in [-0.3, -0.25) is 9.59 Å². The lowest BCUT2D eigenvalue weighted by molar-refractivity contribution is -0.131. The third kappa shape index (κ3) is 4.00. The first kappa shape index (κ1) is 19.0. The van der Waals surface area contributed by atoms with Crippen molar-refractivity contribution in [1.82, 2.24) is 0 Å². The molecule has 1 aromatic carbocycles. The van der Waals surface area contributed by atoms with Gasteiger partial charge in [0.05, 0.1) is 19.8 Å². The van der Waals surface area contributed by atoms with E-state index in [1.165, 1.54) is 27.2 Å². The zero-order valence-electron chi connectivity index (χ0n) is 14.6. The molecule has 0 fully saturated rings. The van der Waals surface area contributed by atoms with Crippen LogP contribution in [-0.4, -0.2) is 43.5 Å². The van der Waals surface area contributed by atoms with Crippen molar-refractivity contribution in [3.05, 3.63) is 58.6 Å². The van der Waals surface area contributed by atoms with Gasteiger partial charge in [-0.2, -0.15) is 0 Å². The van der Waals surface area contributed by atoms with Crippen LogP contribution in [0, 0.1) is 0 Å². The molecule has 0 aliphatic heterocycles. The van der Waals surface area contributed by atoms with Crippen LogP contribution in [0.1, 0.15) is 12.5 Å². The highest BCUT2D eigenvalue weighted by Gasteiger charge is 2.34. The summed E-state index contributed by atoms with van der Waals surface area (Å²) >= 11 is 0. The van der Waals surface area contributed by atoms with E-state index in [4.69, 9.17) is 19.3 Å². The van der Waals surface area contributed by atoms with Crippen LogP contribution in [0.15, 0.2) is 53.0 Å². The molecule has 0 bridgehead atoms. The van der Waals surface area contributed by atoms with E-state index in [-0.39, 0.29) is 29.3 Å². The second-order valence-electron chi connectivity index (χ2n) is 5.36. The topological polar surface area (TPSA) is 99.1 Å². The molecule has 0 atom stereocenters. The van der Waals surface area contributed by atoms with Gasteiger partial charge in [0.15, 0.2) is 11.5 Å². The molecule has 0 heterocycles. The zero-order chi connectivity index (χ0) is 19.3. The average molecular weight is 358 g/mol. The lowest BCUT2D eigenvalue weighted by Gasteiger charge is -2.20. The summed E-state index contributed by atoms with van der Waals surface area (Å²) in [5.41, 5.74) is 0.947. The van der Waals surface area contributed by atoms with Gasteiger partial charge in [0, 0.05) is 11.6 Å². The summed E-state index contributed by atoms with van der Waals surface area (Å²) in [6.45, 7) is 1.33. The first-order chi connectivity index (χ1) is 12.4. The van der Waals surface area contributed by atoms with Gasteiger partial charge in [-0.05, 0) is 30.7 Å². The molecule has 1 aromatic rings. The molecule has 1 aliphatic carbocycles. The van der Waals surface area contributed by atoms with Gasteiger partial charge < -0.3 is 19.3 Å². The monoisotopic (exact) mass is 358 g/mol. The maximum Gasteiger partial charge on any atom is 0.328 e. The van der Waals surface area contributed by atoms with Crippen molar-refractivity contribution in [2.75, 3.05) is 20.8 Å². The number of rotatable bonds is 7. The maximum atomic E-state index is 12.5. The summed E-state index contributed by atoms with van der Waals surface area (Å²) in [5.74, 6) is -1.55. The number of carbonyl (C=O) groups excluding carboxylic acids is 2. The van der Waals surface area contributed by atoms with Crippen LogP contribution < -0.4 is 4.74 Å². The SMILES string of the molecule is COC1=C(C)C(=O)C(OC)=C(COc2ccc(/C=C/C(=O)O)cc2)C1=O. The third-order valence-corrected chi connectivity index (χ3v) is 3.73. The number of carbonyl (C=O) groups is 3. The number of methoxy groups -OCH3 is 2. The molecule has 0 unspecified atom stereocenters. The lowest BCUT2D eigenvalue weighted by Crippen LogP contribution is -2.27. The number of hydrogen-bond donors (Lipinski definition) is 1. The largest absolute Gasteiger partial charge is 0.492 e. The smallest absolute Gasteiger partial charge is 0.328 e. The molecule has 1 aliphatic rings. The van der Waals surface area contributed by atoms with Crippen molar-refractivity contribution in [2.24, 2.45) is 0 Å². The molecule has 0 spiro atoms. The quantitative estimate of drug-likeness (QED) is 0.589. The Morgan fingerprint density at radius 2 is 1.65 bits per heavy atom. The predicted octanol–water partition coefficient (Wildman–Crippen LogP) is 2.14. The van der Waals surface area contributed by atoms with Crippen molar-refractivity contribution < 1.29 is 33.7 Å². The van der Waals surface area contributed by atoms with Crippen LogP contribution in [0.25, 0.3) is 6.08 Å². The van der Waals surface area contributed by atoms with Crippen molar-refractivity contribution in [3.8, 4) is 5.75 Å². The van der Waals surface area contributed by atoms with E-state index in [0.717, 1.165) is 6.08 Å². The molecular weight excluding hydrogens is 340 g/mol. The first-order valence-corrected chi connectivity index (χ1v) is 7.64. The summed E-state index contributed by atoms with van der Waals surface area (Å²) in [4.78, 5) is 35.3. The van der Waals surface area contributed by atoms with E-state index < -0.39 is 17.5 Å². The molecule has 136 valence electrons. The third-order valence-electron chi connectivity index (χ3n) is 3.73. The standard InChI is InChI=1S/C19H18O7/c1-11-16(22)19(25-3)14(17(23)18(11)24-2)10-26-13-7-4-12(5-8-13)6-9-15(20)21/h4-9H,10H2,1-3H3,(H,20,21)/b9-6+. The van der Waals surface area contributed by atoms with Gasteiger partial charge >= 0.3 is 5.97 Å². The summed E-state index contributed by atoms with van der Waals surface area (Å²) in [6, 6.07) is 6.59. The van der Waals surface area contributed by atoms with Gasteiger partial charge in [0.1, 0.15) is 12.4 Å². The molecule has 0 aromatic heterocycles. The number of carboxylic acid groups (broad SMARTS) is 1. The van der Waals surface area contributed by atoms with E-state index >= 15 is 0 Å². The van der Waals surface area contributed by atoms with E-state index in [1.54, 1.807) is 24.3 Å². The molecule has 0 amide bonds. The van der Waals surface area contributed by atoms with Crippen molar-refractivity contribution in [3.63, 3.8) is 0 Å². The first-order valence-electron chi connectivity index (χ1n) is 7.64. The number of aliphatic carboxylic acids is 1. The average Bonchev–Trinajstić information content (AvgIpc) is 2.63. The van der Waals surface area contributed by atoms with Crippen LogP contribution in [-0.2, 0) is 23.9 Å². The fraction of sp³-hybridized carbons (Fsp3) is 0.211. The highest BCUT2D eigenvalue weighted by molar-refractivity contribution is 6.23. The number of Topliss-reactive ketones (excluding diaryl/α,β-unsaturated/α-hetero) is 2. The molecule has 7 heteroatoms. The van der Waals surface area contributed by atoms with Crippen LogP contribution in [0.5, 0.6) is 5.75 Å². The van der Waals surface area contributed by atoms with Crippen molar-refractivity contribution in [2.45, 2.75) is 6.92 Å². The minimum absolute atomic E-state index is 0.0245. The summed E-state index contributed by atoms with van der Waals surface area (Å²) in [6.07, 6.45) is 2.47. The summed E-state index contributed by atoms with van der Waals surface area (Å²) in [7, 11) is 2.64. The Labute approximate surface area is 150 Å². The van der Waals surface area contributed by atoms with Crippen LogP contribution >= 0.6 is 0 Å². The molecule has 0 radical (unpaired) electrons. The molecule has 2 rings (SSSR count). The Balaban J connectivity index is 2.17.